The van der Waals surface area contributed by atoms with Crippen LogP contribution >= 0.6 is 11.6 Å². The van der Waals surface area contributed by atoms with E-state index in [-0.39, 0.29) is 17.3 Å². The Bertz CT molecular complexity index is 1180. The molecule has 0 spiro atoms. The van der Waals surface area contributed by atoms with Crippen LogP contribution in [-0.2, 0) is 16.6 Å². The molecule has 0 N–H and O–H groups in total. The monoisotopic (exact) mass is 429 g/mol. The summed E-state index contributed by atoms with van der Waals surface area (Å²) in [5.74, 6) is 0.665. The Labute approximate surface area is 173 Å². The van der Waals surface area contributed by atoms with Gasteiger partial charge in [0, 0.05) is 11.2 Å². The Balaban J connectivity index is 1.85. The topological polar surface area (TPSA) is 79.8 Å². The molecule has 0 fully saturated rings. The van der Waals surface area contributed by atoms with Gasteiger partial charge in [0.05, 0.1) is 19.3 Å². The lowest BCUT2D eigenvalue weighted by Crippen LogP contribution is -2.48. The van der Waals surface area contributed by atoms with Crippen molar-refractivity contribution in [2.45, 2.75) is 11.4 Å². The highest BCUT2D eigenvalue weighted by Gasteiger charge is 2.43. The molecule has 0 aliphatic carbocycles. The van der Waals surface area contributed by atoms with E-state index >= 15 is 0 Å². The lowest BCUT2D eigenvalue weighted by atomic mass is 10.2. The summed E-state index contributed by atoms with van der Waals surface area (Å²) >= 11 is 6.20. The lowest BCUT2D eigenvalue weighted by molar-refractivity contribution is 0.229. The first-order valence-electron chi connectivity index (χ1n) is 8.63. The summed E-state index contributed by atoms with van der Waals surface area (Å²) in [5.41, 5.74) is 0.989. The van der Waals surface area contributed by atoms with Crippen molar-refractivity contribution in [1.29, 1.82) is 0 Å². The number of sulfonamides is 1. The highest BCUT2D eigenvalue weighted by molar-refractivity contribution is 7.90. The zero-order valence-corrected chi connectivity index (χ0v) is 16.9. The molecule has 2 heterocycles. The second-order valence-electron chi connectivity index (χ2n) is 6.24. The van der Waals surface area contributed by atoms with Crippen LogP contribution in [0.2, 0.25) is 5.02 Å². The van der Waals surface area contributed by atoms with Gasteiger partial charge in [0.2, 0.25) is 0 Å². The van der Waals surface area contributed by atoms with Gasteiger partial charge in [-0.25, -0.2) is 27.4 Å². The minimum absolute atomic E-state index is 0.0533. The molecule has 0 bridgehead atoms. The molecule has 1 aromatic heterocycles. The maximum Gasteiger partial charge on any atom is 0.344 e. The molecule has 29 heavy (non-hydrogen) atoms. The van der Waals surface area contributed by atoms with Gasteiger partial charge < -0.3 is 4.74 Å². The van der Waals surface area contributed by atoms with Gasteiger partial charge in [0.1, 0.15) is 10.6 Å². The van der Waals surface area contributed by atoms with Crippen LogP contribution in [0.15, 0.2) is 71.8 Å². The molecule has 1 aliphatic heterocycles. The van der Waals surface area contributed by atoms with Crippen molar-refractivity contribution in [2.24, 2.45) is 0 Å². The van der Waals surface area contributed by atoms with E-state index in [1.54, 1.807) is 48.5 Å². The highest BCUT2D eigenvalue weighted by Crippen LogP contribution is 2.38. The SMILES string of the molecule is COc1ccc(N2C(=O)N(Cc3ccccc3Cl)S(=O)(=O)c3cccnc32)cc1. The largest absolute Gasteiger partial charge is 0.497 e. The maximum absolute atomic E-state index is 13.3. The quantitative estimate of drug-likeness (QED) is 0.620. The van der Waals surface area contributed by atoms with Crippen molar-refractivity contribution in [2.75, 3.05) is 12.0 Å². The number of aromatic nitrogens is 1. The van der Waals surface area contributed by atoms with Gasteiger partial charge in [-0.05, 0) is 48.0 Å². The molecule has 3 aromatic rings. The Hall–Kier alpha value is -3.10. The smallest absolute Gasteiger partial charge is 0.344 e. The van der Waals surface area contributed by atoms with Crippen LogP contribution < -0.4 is 9.64 Å². The fourth-order valence-corrected chi connectivity index (χ4v) is 4.73. The van der Waals surface area contributed by atoms with Crippen LogP contribution in [0.5, 0.6) is 5.75 Å². The fourth-order valence-electron chi connectivity index (χ4n) is 3.07. The van der Waals surface area contributed by atoms with E-state index < -0.39 is 16.1 Å². The van der Waals surface area contributed by atoms with Crippen molar-refractivity contribution >= 4 is 39.2 Å². The average Bonchev–Trinajstić information content (AvgIpc) is 2.73. The molecule has 0 saturated heterocycles. The van der Waals surface area contributed by atoms with Gasteiger partial charge in [-0.1, -0.05) is 29.8 Å². The predicted octanol–water partition coefficient (Wildman–Crippen LogP) is 4.21. The number of carbonyl (C=O) groups is 1. The molecular weight excluding hydrogens is 414 g/mol. The van der Waals surface area contributed by atoms with Gasteiger partial charge in [0.25, 0.3) is 10.0 Å². The number of pyridine rings is 1. The van der Waals surface area contributed by atoms with Crippen molar-refractivity contribution in [3.8, 4) is 5.75 Å². The summed E-state index contributed by atoms with van der Waals surface area (Å²) in [7, 11) is -2.57. The van der Waals surface area contributed by atoms with Gasteiger partial charge in [-0.3, -0.25) is 0 Å². The molecule has 7 nitrogen and oxygen atoms in total. The first kappa shape index (κ1) is 19.2. The lowest BCUT2D eigenvalue weighted by Gasteiger charge is -2.35. The molecule has 0 atom stereocenters. The number of rotatable bonds is 4. The van der Waals surface area contributed by atoms with Crippen molar-refractivity contribution in [3.05, 3.63) is 77.4 Å². The molecule has 148 valence electrons. The zero-order chi connectivity index (χ0) is 20.6. The number of amides is 2. The summed E-state index contributed by atoms with van der Waals surface area (Å²) in [6.45, 7) is -0.193. The normalized spacial score (nSPS) is 15.2. The highest BCUT2D eigenvalue weighted by atomic mass is 35.5. The van der Waals surface area contributed by atoms with Crippen LogP contribution in [-0.4, -0.2) is 30.8 Å². The first-order valence-corrected chi connectivity index (χ1v) is 10.4. The Morgan fingerprint density at radius 3 is 2.45 bits per heavy atom. The summed E-state index contributed by atoms with van der Waals surface area (Å²) in [6.07, 6.45) is 1.45. The van der Waals surface area contributed by atoms with E-state index in [4.69, 9.17) is 16.3 Å². The van der Waals surface area contributed by atoms with Crippen LogP contribution in [0.3, 0.4) is 0 Å². The average molecular weight is 430 g/mol. The third-order valence-electron chi connectivity index (χ3n) is 4.54. The van der Waals surface area contributed by atoms with Gasteiger partial charge in [-0.2, -0.15) is 0 Å². The van der Waals surface area contributed by atoms with E-state index in [0.29, 0.717) is 22.0 Å². The van der Waals surface area contributed by atoms with Gasteiger partial charge in [-0.15, -0.1) is 0 Å². The van der Waals surface area contributed by atoms with E-state index in [1.807, 2.05) is 0 Å². The van der Waals surface area contributed by atoms with Crippen molar-refractivity contribution in [3.63, 3.8) is 0 Å². The second kappa shape index (κ2) is 7.38. The number of urea groups is 1. The number of hydrogen-bond donors (Lipinski definition) is 0. The number of carbonyl (C=O) groups excluding carboxylic acids is 1. The number of halogens is 1. The molecule has 0 unspecified atom stereocenters. The third-order valence-corrected chi connectivity index (χ3v) is 6.65. The summed E-state index contributed by atoms with van der Waals surface area (Å²) in [4.78, 5) is 18.7. The van der Waals surface area contributed by atoms with Gasteiger partial charge >= 0.3 is 6.03 Å². The number of methoxy groups -OCH3 is 1. The van der Waals surface area contributed by atoms with E-state index in [2.05, 4.69) is 4.98 Å². The van der Waals surface area contributed by atoms with Crippen molar-refractivity contribution < 1.29 is 17.9 Å². The standard InChI is InChI=1S/C20H16ClN3O4S/c1-28-16-10-8-15(9-11-16)24-19-18(7-4-12-22-19)29(26,27)23(20(24)25)13-14-5-2-3-6-17(14)21/h2-12H,13H2,1H3. The van der Waals surface area contributed by atoms with E-state index in [9.17, 15) is 13.2 Å². The van der Waals surface area contributed by atoms with E-state index in [0.717, 1.165) is 4.31 Å². The molecule has 4 rings (SSSR count). The number of benzene rings is 2. The second-order valence-corrected chi connectivity index (χ2v) is 8.48. The van der Waals surface area contributed by atoms with Gasteiger partial charge in [0.15, 0.2) is 5.82 Å². The Morgan fingerprint density at radius 2 is 1.76 bits per heavy atom. The van der Waals surface area contributed by atoms with Crippen molar-refractivity contribution in [1.82, 2.24) is 9.29 Å². The predicted molar refractivity (Wildman–Crippen MR) is 109 cm³/mol. The molecule has 1 aliphatic rings. The molecule has 2 aromatic carbocycles. The molecule has 0 radical (unpaired) electrons. The third kappa shape index (κ3) is 3.30. The number of ether oxygens (including phenoxy) is 1. The maximum atomic E-state index is 13.3. The molecule has 2 amide bonds. The molecule has 9 heteroatoms. The first-order chi connectivity index (χ1) is 13.9. The molecule has 0 saturated carbocycles. The number of nitrogens with zero attached hydrogens (tertiary/aromatic N) is 3. The molecular formula is C20H16ClN3O4S. The number of anilines is 2. The Kier molecular flexibility index (Phi) is 4.89. The van der Waals surface area contributed by atoms with Crippen LogP contribution in [0.25, 0.3) is 0 Å². The summed E-state index contributed by atoms with van der Waals surface area (Å²) in [5, 5.41) is 0.378. The fraction of sp³-hybridized carbons (Fsp3) is 0.100. The summed E-state index contributed by atoms with van der Waals surface area (Å²) in [6, 6.07) is 15.7. The minimum atomic E-state index is -4.10. The van der Waals surface area contributed by atoms with E-state index in [1.165, 1.54) is 30.3 Å². The minimum Gasteiger partial charge on any atom is -0.497 e. The van der Waals surface area contributed by atoms with Crippen LogP contribution in [0.1, 0.15) is 5.56 Å². The number of fused-ring (bicyclic) bond motifs is 1. The summed E-state index contributed by atoms with van der Waals surface area (Å²) < 4.78 is 32.3. The Morgan fingerprint density at radius 1 is 1.03 bits per heavy atom. The van der Waals surface area contributed by atoms with Crippen LogP contribution in [0.4, 0.5) is 16.3 Å². The zero-order valence-electron chi connectivity index (χ0n) is 15.3. The number of hydrogen-bond acceptors (Lipinski definition) is 5. The van der Waals surface area contributed by atoms with Crippen LogP contribution in [0, 0.1) is 0 Å².